The van der Waals surface area contributed by atoms with E-state index in [9.17, 15) is 9.18 Å². The van der Waals surface area contributed by atoms with Crippen molar-refractivity contribution in [2.45, 2.75) is 31.7 Å². The summed E-state index contributed by atoms with van der Waals surface area (Å²) in [6, 6.07) is 10.8. The second-order valence-electron chi connectivity index (χ2n) is 7.45. The Morgan fingerprint density at radius 3 is 2.67 bits per heavy atom. The Bertz CT molecular complexity index is 728. The average molecular weight is 391 g/mol. The summed E-state index contributed by atoms with van der Waals surface area (Å²) in [7, 11) is 4.12. The topological polar surface area (TPSA) is 41.6 Å². The fraction of sp³-hybridized carbons (Fsp3) is 0.476. The van der Waals surface area contributed by atoms with Crippen LogP contribution in [0, 0.1) is 17.7 Å². The molecule has 4 nitrogen and oxygen atoms in total. The first-order valence-corrected chi connectivity index (χ1v) is 10.3. The molecule has 27 heavy (non-hydrogen) atoms. The quantitative estimate of drug-likeness (QED) is 0.747. The molecule has 1 saturated carbocycles. The summed E-state index contributed by atoms with van der Waals surface area (Å²) in [5.41, 5.74) is 1.04. The van der Waals surface area contributed by atoms with E-state index in [0.29, 0.717) is 23.4 Å². The minimum atomic E-state index is -0.384. The zero-order valence-corrected chi connectivity index (χ0v) is 16.7. The Kier molecular flexibility index (Phi) is 6.85. The molecule has 0 aliphatic heterocycles. The largest absolute Gasteiger partial charge is 0.413 e. The monoisotopic (exact) mass is 390 g/mol. The van der Waals surface area contributed by atoms with Gasteiger partial charge >= 0.3 is 6.09 Å². The highest BCUT2D eigenvalue weighted by Gasteiger charge is 2.30. The molecule has 1 heterocycles. The molecule has 1 aromatic heterocycles. The van der Waals surface area contributed by atoms with E-state index in [0.717, 1.165) is 31.2 Å². The number of nitrogens with one attached hydrogen (secondary N) is 1. The summed E-state index contributed by atoms with van der Waals surface area (Å²) in [6.07, 6.45) is 3.88. The van der Waals surface area contributed by atoms with E-state index in [2.05, 4.69) is 24.3 Å². The van der Waals surface area contributed by atoms with Crippen molar-refractivity contribution in [2.75, 3.05) is 20.6 Å². The maximum absolute atomic E-state index is 13.7. The molecular formula is C21H27FN2O2S. The average Bonchev–Trinajstić information content (AvgIpc) is 3.14. The minimum Gasteiger partial charge on any atom is -0.399 e. The number of thiophene rings is 1. The second-order valence-corrected chi connectivity index (χ2v) is 8.36. The SMILES string of the molecule is CN(C)C(c1cccc(F)c1)C1CCC(CNC(=O)Oc2cccs2)CC1. The van der Waals surface area contributed by atoms with Gasteiger partial charge in [-0.25, -0.2) is 9.18 Å². The zero-order chi connectivity index (χ0) is 19.2. The van der Waals surface area contributed by atoms with E-state index in [-0.39, 0.29) is 18.0 Å². The molecule has 0 spiro atoms. The third-order valence-corrected chi connectivity index (χ3v) is 6.05. The maximum Gasteiger partial charge on any atom is 0.413 e. The number of ether oxygens (including phenoxy) is 1. The number of amides is 1. The summed E-state index contributed by atoms with van der Waals surface area (Å²) in [4.78, 5) is 14.1. The van der Waals surface area contributed by atoms with Crippen LogP contribution in [0.2, 0.25) is 0 Å². The molecule has 1 N–H and O–H groups in total. The number of nitrogens with zero attached hydrogens (tertiary/aromatic N) is 1. The van der Waals surface area contributed by atoms with Crippen LogP contribution >= 0.6 is 11.3 Å². The molecule has 1 aliphatic rings. The van der Waals surface area contributed by atoms with Crippen molar-refractivity contribution in [3.8, 4) is 5.06 Å². The van der Waals surface area contributed by atoms with Gasteiger partial charge in [0.25, 0.3) is 0 Å². The van der Waals surface area contributed by atoms with E-state index in [1.54, 1.807) is 18.2 Å². The van der Waals surface area contributed by atoms with Crippen LogP contribution in [0.25, 0.3) is 0 Å². The Labute approximate surface area is 164 Å². The summed E-state index contributed by atoms with van der Waals surface area (Å²) < 4.78 is 18.9. The van der Waals surface area contributed by atoms with Gasteiger partial charge in [-0.15, -0.1) is 11.3 Å². The molecule has 0 radical (unpaired) electrons. The van der Waals surface area contributed by atoms with Gasteiger partial charge in [0.1, 0.15) is 5.82 Å². The van der Waals surface area contributed by atoms with E-state index in [4.69, 9.17) is 4.74 Å². The predicted octanol–water partition coefficient (Wildman–Crippen LogP) is 5.08. The summed E-state index contributed by atoms with van der Waals surface area (Å²) in [6.45, 7) is 0.642. The lowest BCUT2D eigenvalue weighted by atomic mass is 9.76. The normalized spacial score (nSPS) is 21.0. The van der Waals surface area contributed by atoms with Gasteiger partial charge in [0.2, 0.25) is 0 Å². The van der Waals surface area contributed by atoms with Gasteiger partial charge in [-0.1, -0.05) is 12.1 Å². The molecule has 146 valence electrons. The number of hydrogen-bond donors (Lipinski definition) is 1. The standard InChI is InChI=1S/C21H27FN2O2S/c1-24(2)20(17-5-3-6-18(22)13-17)16-10-8-15(9-11-16)14-23-21(25)26-19-7-4-12-27-19/h3-7,12-13,15-16,20H,8-11,14H2,1-2H3,(H,23,25). The molecular weight excluding hydrogens is 363 g/mol. The van der Waals surface area contributed by atoms with Crippen molar-refractivity contribution in [3.63, 3.8) is 0 Å². The Balaban J connectivity index is 1.49. The highest BCUT2D eigenvalue weighted by atomic mass is 32.1. The Morgan fingerprint density at radius 1 is 1.26 bits per heavy atom. The minimum absolute atomic E-state index is 0.179. The summed E-state index contributed by atoms with van der Waals surface area (Å²) in [5.74, 6) is 0.782. The second kappa shape index (κ2) is 9.33. The highest BCUT2D eigenvalue weighted by molar-refractivity contribution is 7.11. The smallest absolute Gasteiger partial charge is 0.399 e. The van der Waals surface area contributed by atoms with E-state index in [1.165, 1.54) is 17.4 Å². The molecule has 3 rings (SSSR count). The van der Waals surface area contributed by atoms with E-state index < -0.39 is 0 Å². The first-order valence-electron chi connectivity index (χ1n) is 9.44. The van der Waals surface area contributed by atoms with Gasteiger partial charge in [-0.2, -0.15) is 0 Å². The number of hydrogen-bond acceptors (Lipinski definition) is 4. The molecule has 1 atom stereocenters. The molecule has 1 fully saturated rings. The lowest BCUT2D eigenvalue weighted by Gasteiger charge is -2.37. The molecule has 2 aromatic rings. The lowest BCUT2D eigenvalue weighted by Crippen LogP contribution is -2.35. The molecule has 1 aliphatic carbocycles. The Hall–Kier alpha value is -1.92. The van der Waals surface area contributed by atoms with Crippen molar-refractivity contribution >= 4 is 17.4 Å². The molecule has 1 aromatic carbocycles. The van der Waals surface area contributed by atoms with Crippen LogP contribution in [0.4, 0.5) is 9.18 Å². The molecule has 6 heteroatoms. The van der Waals surface area contributed by atoms with E-state index >= 15 is 0 Å². The molecule has 0 bridgehead atoms. The van der Waals surface area contributed by atoms with Crippen molar-refractivity contribution < 1.29 is 13.9 Å². The number of carbonyl (C=O) groups is 1. The first kappa shape index (κ1) is 19.8. The fourth-order valence-electron chi connectivity index (χ4n) is 4.07. The fourth-order valence-corrected chi connectivity index (χ4v) is 4.64. The van der Waals surface area contributed by atoms with Crippen LogP contribution in [0.15, 0.2) is 41.8 Å². The summed E-state index contributed by atoms with van der Waals surface area (Å²) in [5, 5.41) is 5.37. The number of halogens is 1. The zero-order valence-electron chi connectivity index (χ0n) is 15.9. The van der Waals surface area contributed by atoms with Crippen molar-refractivity contribution in [3.05, 3.63) is 53.2 Å². The van der Waals surface area contributed by atoms with Crippen molar-refractivity contribution in [1.82, 2.24) is 10.2 Å². The summed E-state index contributed by atoms with van der Waals surface area (Å²) >= 11 is 1.40. The lowest BCUT2D eigenvalue weighted by molar-refractivity contribution is 0.146. The Morgan fingerprint density at radius 2 is 2.04 bits per heavy atom. The van der Waals surface area contributed by atoms with Gasteiger partial charge in [0, 0.05) is 12.6 Å². The third-order valence-electron chi connectivity index (χ3n) is 5.31. The molecule has 0 saturated heterocycles. The van der Waals surface area contributed by atoms with Crippen LogP contribution in [0.1, 0.15) is 37.3 Å². The number of carbonyl (C=O) groups excluding carboxylic acids is 1. The van der Waals surface area contributed by atoms with Crippen molar-refractivity contribution in [1.29, 1.82) is 0 Å². The van der Waals surface area contributed by atoms with Crippen LogP contribution in [0.5, 0.6) is 5.06 Å². The van der Waals surface area contributed by atoms with Crippen molar-refractivity contribution in [2.24, 2.45) is 11.8 Å². The predicted molar refractivity (Wildman–Crippen MR) is 107 cm³/mol. The maximum atomic E-state index is 13.7. The van der Waals surface area contributed by atoms with Crippen LogP contribution in [-0.4, -0.2) is 31.6 Å². The number of rotatable bonds is 6. The molecule has 1 amide bonds. The van der Waals surface area contributed by atoms with Crippen LogP contribution < -0.4 is 10.1 Å². The number of benzene rings is 1. The van der Waals surface area contributed by atoms with Gasteiger partial charge in [0.15, 0.2) is 5.06 Å². The van der Waals surface area contributed by atoms with Crippen LogP contribution in [0.3, 0.4) is 0 Å². The molecule has 1 unspecified atom stereocenters. The third kappa shape index (κ3) is 5.53. The first-order chi connectivity index (χ1) is 13.0. The van der Waals surface area contributed by atoms with Gasteiger partial charge in [-0.05, 0) is 86.8 Å². The highest BCUT2D eigenvalue weighted by Crippen LogP contribution is 2.39. The van der Waals surface area contributed by atoms with Gasteiger partial charge in [-0.3, -0.25) is 0 Å². The van der Waals surface area contributed by atoms with Gasteiger partial charge in [0.05, 0.1) is 0 Å². The van der Waals surface area contributed by atoms with Gasteiger partial charge < -0.3 is 15.0 Å². The van der Waals surface area contributed by atoms with Crippen LogP contribution in [-0.2, 0) is 0 Å². The van der Waals surface area contributed by atoms with E-state index in [1.807, 2.05) is 17.5 Å².